The lowest BCUT2D eigenvalue weighted by atomic mass is 9.66. The molecule has 9 rings (SSSR count). The maximum Gasteiger partial charge on any atom is 0.135 e. The molecule has 7 aromatic carbocycles. The van der Waals surface area contributed by atoms with Gasteiger partial charge >= 0.3 is 0 Å². The van der Waals surface area contributed by atoms with Crippen LogP contribution >= 0.6 is 0 Å². The Labute approximate surface area is 245 Å². The fourth-order valence-corrected chi connectivity index (χ4v) is 7.54. The highest BCUT2D eigenvalue weighted by molar-refractivity contribution is 6.11. The van der Waals surface area contributed by atoms with E-state index >= 15 is 0 Å². The molecule has 0 spiro atoms. The highest BCUT2D eigenvalue weighted by atomic mass is 16.5. The third-order valence-corrected chi connectivity index (χ3v) is 9.16. The van der Waals surface area contributed by atoms with E-state index in [-0.39, 0.29) is 0 Å². The van der Waals surface area contributed by atoms with Gasteiger partial charge in [-0.15, -0.1) is 0 Å². The van der Waals surface area contributed by atoms with E-state index in [1.165, 1.54) is 60.8 Å². The average molecular weight is 535 g/mol. The van der Waals surface area contributed by atoms with Crippen LogP contribution in [-0.2, 0) is 5.41 Å². The summed E-state index contributed by atoms with van der Waals surface area (Å²) in [7, 11) is 0. The molecule has 0 atom stereocenters. The molecule has 1 aliphatic heterocycles. The molecule has 0 saturated heterocycles. The van der Waals surface area contributed by atoms with Crippen LogP contribution < -0.4 is 4.74 Å². The van der Waals surface area contributed by atoms with Crippen molar-refractivity contribution in [3.63, 3.8) is 0 Å². The molecule has 0 bridgehead atoms. The second-order valence-corrected chi connectivity index (χ2v) is 11.2. The van der Waals surface area contributed by atoms with E-state index in [0.29, 0.717) is 0 Å². The second-order valence-electron chi connectivity index (χ2n) is 11.2. The minimum absolute atomic E-state index is 0.464. The Morgan fingerprint density at radius 3 is 1.69 bits per heavy atom. The zero-order valence-corrected chi connectivity index (χ0v) is 22.9. The summed E-state index contributed by atoms with van der Waals surface area (Å²) in [6.45, 7) is 0. The number of hydrogen-bond donors (Lipinski definition) is 0. The van der Waals surface area contributed by atoms with E-state index < -0.39 is 5.41 Å². The molecule has 0 aromatic heterocycles. The number of rotatable bonds is 3. The quantitative estimate of drug-likeness (QED) is 0.219. The predicted molar refractivity (Wildman–Crippen MR) is 172 cm³/mol. The molecule has 0 amide bonds. The maximum atomic E-state index is 6.46. The maximum absolute atomic E-state index is 6.46. The molecule has 1 heterocycles. The third kappa shape index (κ3) is 3.03. The SMILES string of the molecule is c1ccc(C2(c3ccccc3)c3ccccc3-c3cccc(-c4ccc5c6c(cccc46)-c4ccccc4O5)c32)cc1. The van der Waals surface area contributed by atoms with Crippen LogP contribution in [0.15, 0.2) is 158 Å². The number of benzene rings is 7. The molecule has 0 unspecified atom stereocenters. The van der Waals surface area contributed by atoms with Crippen molar-refractivity contribution in [2.75, 3.05) is 0 Å². The third-order valence-electron chi connectivity index (χ3n) is 9.16. The number of hydrogen-bond acceptors (Lipinski definition) is 1. The van der Waals surface area contributed by atoms with E-state index in [9.17, 15) is 0 Å². The molecule has 0 fully saturated rings. The first-order chi connectivity index (χ1) is 20.9. The van der Waals surface area contributed by atoms with Crippen LogP contribution in [0.3, 0.4) is 0 Å². The van der Waals surface area contributed by atoms with E-state index in [1.54, 1.807) is 0 Å². The Morgan fingerprint density at radius 1 is 0.357 bits per heavy atom. The summed E-state index contributed by atoms with van der Waals surface area (Å²) in [6.07, 6.45) is 0. The molecular formula is C41H26O. The summed E-state index contributed by atoms with van der Waals surface area (Å²) in [5, 5.41) is 2.38. The largest absolute Gasteiger partial charge is 0.456 e. The average Bonchev–Trinajstić information content (AvgIpc) is 3.37. The van der Waals surface area contributed by atoms with Crippen molar-refractivity contribution >= 4 is 10.8 Å². The van der Waals surface area contributed by atoms with Gasteiger partial charge in [-0.25, -0.2) is 0 Å². The molecule has 0 N–H and O–H groups in total. The summed E-state index contributed by atoms with van der Waals surface area (Å²) >= 11 is 0. The van der Waals surface area contributed by atoms with E-state index in [0.717, 1.165) is 17.1 Å². The first-order valence-electron chi connectivity index (χ1n) is 14.5. The van der Waals surface area contributed by atoms with Gasteiger partial charge in [0.25, 0.3) is 0 Å². The van der Waals surface area contributed by atoms with Crippen LogP contribution in [-0.4, -0.2) is 0 Å². The summed E-state index contributed by atoms with van der Waals surface area (Å²) in [5.74, 6) is 1.82. The Bertz CT molecular complexity index is 2120. The van der Waals surface area contributed by atoms with E-state index in [1.807, 2.05) is 6.07 Å². The van der Waals surface area contributed by atoms with Crippen LogP contribution in [0.2, 0.25) is 0 Å². The van der Waals surface area contributed by atoms with E-state index in [2.05, 4.69) is 152 Å². The van der Waals surface area contributed by atoms with Gasteiger partial charge < -0.3 is 4.74 Å². The molecule has 7 aromatic rings. The van der Waals surface area contributed by atoms with Crippen molar-refractivity contribution in [3.8, 4) is 44.9 Å². The van der Waals surface area contributed by atoms with Gasteiger partial charge in [0.2, 0.25) is 0 Å². The number of para-hydroxylation sites is 1. The molecule has 196 valence electrons. The zero-order chi connectivity index (χ0) is 27.7. The molecule has 42 heavy (non-hydrogen) atoms. The van der Waals surface area contributed by atoms with E-state index in [4.69, 9.17) is 4.74 Å². The Kier molecular flexibility index (Phi) is 4.88. The fourth-order valence-electron chi connectivity index (χ4n) is 7.54. The number of fused-ring (bicyclic) bond motifs is 5. The first kappa shape index (κ1) is 23.3. The van der Waals surface area contributed by atoms with Crippen molar-refractivity contribution in [1.82, 2.24) is 0 Å². The van der Waals surface area contributed by atoms with Gasteiger partial charge in [-0.05, 0) is 67.6 Å². The standard InChI is InChI=1S/C41H26O/c1-3-13-27(14-4-1)41(28-15-5-2-6-16-28)36-23-9-7-17-30(36)35-22-12-21-34(40(35)41)29-25-26-38-39-32(29)19-11-20-33(39)31-18-8-10-24-37(31)42-38/h1-26H. The molecule has 0 saturated carbocycles. The molecule has 1 heteroatoms. The van der Waals surface area contributed by atoms with Gasteiger partial charge in [0.1, 0.15) is 11.5 Å². The normalized spacial score (nSPS) is 13.6. The van der Waals surface area contributed by atoms with Crippen LogP contribution in [0.1, 0.15) is 22.3 Å². The van der Waals surface area contributed by atoms with Crippen molar-refractivity contribution in [2.24, 2.45) is 0 Å². The van der Waals surface area contributed by atoms with Gasteiger partial charge in [-0.3, -0.25) is 0 Å². The lowest BCUT2D eigenvalue weighted by Gasteiger charge is -2.35. The van der Waals surface area contributed by atoms with Gasteiger partial charge in [0.15, 0.2) is 0 Å². The molecular weight excluding hydrogens is 508 g/mol. The highest BCUT2D eigenvalue weighted by Crippen LogP contribution is 2.59. The lowest BCUT2D eigenvalue weighted by molar-refractivity contribution is 0.487. The molecule has 1 aliphatic carbocycles. The molecule has 0 radical (unpaired) electrons. The van der Waals surface area contributed by atoms with Gasteiger partial charge in [-0.1, -0.05) is 146 Å². The van der Waals surface area contributed by atoms with Gasteiger partial charge in [0, 0.05) is 10.9 Å². The van der Waals surface area contributed by atoms with Crippen LogP contribution in [0.5, 0.6) is 11.5 Å². The molecule has 1 nitrogen and oxygen atoms in total. The number of ether oxygens (including phenoxy) is 1. The van der Waals surface area contributed by atoms with Crippen LogP contribution in [0.25, 0.3) is 44.2 Å². The van der Waals surface area contributed by atoms with Gasteiger partial charge in [0.05, 0.1) is 5.41 Å². The minimum atomic E-state index is -0.464. The first-order valence-corrected chi connectivity index (χ1v) is 14.5. The van der Waals surface area contributed by atoms with Crippen LogP contribution in [0, 0.1) is 0 Å². The lowest BCUT2D eigenvalue weighted by Crippen LogP contribution is -2.29. The summed E-state index contributed by atoms with van der Waals surface area (Å²) in [5.41, 5.74) is 12.2. The summed E-state index contributed by atoms with van der Waals surface area (Å²) in [6, 6.07) is 57.3. The van der Waals surface area contributed by atoms with Crippen LogP contribution in [0.4, 0.5) is 0 Å². The fraction of sp³-hybridized carbons (Fsp3) is 0.0244. The Hall–Kier alpha value is -5.40. The van der Waals surface area contributed by atoms with Crippen molar-refractivity contribution < 1.29 is 4.74 Å². The van der Waals surface area contributed by atoms with Crippen molar-refractivity contribution in [1.29, 1.82) is 0 Å². The Morgan fingerprint density at radius 2 is 0.929 bits per heavy atom. The highest BCUT2D eigenvalue weighted by Gasteiger charge is 2.47. The summed E-state index contributed by atoms with van der Waals surface area (Å²) in [4.78, 5) is 0. The smallest absolute Gasteiger partial charge is 0.135 e. The van der Waals surface area contributed by atoms with Crippen molar-refractivity contribution in [3.05, 3.63) is 180 Å². The Balaban J connectivity index is 1.42. The zero-order valence-electron chi connectivity index (χ0n) is 22.9. The predicted octanol–water partition coefficient (Wildman–Crippen LogP) is 10.6. The second kappa shape index (κ2) is 8.80. The van der Waals surface area contributed by atoms with Gasteiger partial charge in [-0.2, -0.15) is 0 Å². The monoisotopic (exact) mass is 534 g/mol. The van der Waals surface area contributed by atoms with Crippen molar-refractivity contribution in [2.45, 2.75) is 5.41 Å². The molecule has 2 aliphatic rings. The minimum Gasteiger partial charge on any atom is -0.456 e. The topological polar surface area (TPSA) is 9.23 Å². The summed E-state index contributed by atoms with van der Waals surface area (Å²) < 4.78 is 6.46.